The molecule has 1 radical (unpaired) electrons. The van der Waals surface area contributed by atoms with Gasteiger partial charge < -0.3 is 0 Å². The Labute approximate surface area is 142 Å². The summed E-state index contributed by atoms with van der Waals surface area (Å²) in [6, 6.07) is 11.0. The molecule has 0 aliphatic rings. The summed E-state index contributed by atoms with van der Waals surface area (Å²) >= 11 is 3.01. The Morgan fingerprint density at radius 1 is 0.913 bits per heavy atom. The van der Waals surface area contributed by atoms with Gasteiger partial charge in [-0.1, -0.05) is 0 Å². The molecule has 2 aromatic carbocycles. The Morgan fingerprint density at radius 3 is 2.13 bits per heavy atom. The summed E-state index contributed by atoms with van der Waals surface area (Å²) in [7, 11) is 0. The molecule has 0 aliphatic heterocycles. The van der Waals surface area contributed by atoms with Gasteiger partial charge in [0.2, 0.25) is 0 Å². The van der Waals surface area contributed by atoms with E-state index in [2.05, 4.69) is 41.8 Å². The number of para-hydroxylation sites is 1. The topological polar surface area (TPSA) is 12.4 Å². The Morgan fingerprint density at radius 2 is 1.52 bits per heavy atom. The van der Waals surface area contributed by atoms with Gasteiger partial charge in [-0.3, -0.25) is 0 Å². The van der Waals surface area contributed by atoms with Crippen LogP contribution in [-0.4, -0.2) is 22.2 Å². The second-order valence-corrected chi connectivity index (χ2v) is 7.10. The predicted molar refractivity (Wildman–Crippen MR) is 89.2 cm³/mol. The zero-order valence-electron chi connectivity index (χ0n) is 13.1. The van der Waals surface area contributed by atoms with Crippen LogP contribution >= 0.6 is 0 Å². The van der Waals surface area contributed by atoms with Crippen LogP contribution in [0.4, 0.5) is 18.9 Å². The van der Waals surface area contributed by atoms with Crippen molar-refractivity contribution >= 4 is 32.4 Å². The Hall–Kier alpha value is -1.58. The van der Waals surface area contributed by atoms with Crippen LogP contribution in [0.1, 0.15) is 37.5 Å². The van der Waals surface area contributed by atoms with E-state index < -0.39 is 11.7 Å². The number of rotatable bonds is 2. The fourth-order valence-corrected chi connectivity index (χ4v) is 3.25. The van der Waals surface area contributed by atoms with Crippen LogP contribution in [0, 0.1) is 0 Å². The van der Waals surface area contributed by atoms with Crippen LogP contribution < -0.4 is 4.46 Å². The standard InChI is InChI=1S/C18H17F3NSe/c1-17(2,3)14-9-6-7-12(16(14)23)11-22-15-10-5-4-8-13(15)18(19,20)21/h4-11H,1-3H3. The molecule has 121 valence electrons. The van der Waals surface area contributed by atoms with E-state index in [1.165, 1.54) is 18.3 Å². The molecule has 2 rings (SSSR count). The minimum atomic E-state index is -4.41. The number of nitrogens with zero attached hydrogens (tertiary/aromatic N) is 1. The fourth-order valence-electron chi connectivity index (χ4n) is 2.21. The second kappa shape index (κ2) is 6.50. The van der Waals surface area contributed by atoms with Crippen molar-refractivity contribution in [1.29, 1.82) is 0 Å². The van der Waals surface area contributed by atoms with E-state index in [1.807, 2.05) is 18.2 Å². The maximum atomic E-state index is 13.0. The summed E-state index contributed by atoms with van der Waals surface area (Å²) in [4.78, 5) is 4.06. The maximum absolute atomic E-state index is 13.0. The summed E-state index contributed by atoms with van der Waals surface area (Å²) in [5, 5.41) is 0. The van der Waals surface area contributed by atoms with E-state index in [0.29, 0.717) is 0 Å². The summed E-state index contributed by atoms with van der Waals surface area (Å²) < 4.78 is 39.9. The molecular weight excluding hydrogens is 366 g/mol. The third-order valence-corrected chi connectivity index (χ3v) is 4.36. The van der Waals surface area contributed by atoms with Gasteiger partial charge in [0.1, 0.15) is 0 Å². The van der Waals surface area contributed by atoms with E-state index >= 15 is 0 Å². The molecular formula is C18H17F3NSe. The van der Waals surface area contributed by atoms with E-state index in [0.717, 1.165) is 21.7 Å². The van der Waals surface area contributed by atoms with Crippen LogP contribution in [-0.2, 0) is 11.6 Å². The van der Waals surface area contributed by atoms with Crippen molar-refractivity contribution in [1.82, 2.24) is 0 Å². The Balaban J connectivity index is 2.44. The van der Waals surface area contributed by atoms with E-state index in [1.54, 1.807) is 6.07 Å². The second-order valence-electron chi connectivity index (χ2n) is 6.25. The molecule has 1 nitrogen and oxygen atoms in total. The normalized spacial score (nSPS) is 12.8. The number of aliphatic imine (C=N–C) groups is 1. The van der Waals surface area contributed by atoms with Crippen molar-refractivity contribution in [3.8, 4) is 0 Å². The van der Waals surface area contributed by atoms with Gasteiger partial charge in [-0.05, 0) is 0 Å². The third-order valence-electron chi connectivity index (χ3n) is 3.41. The molecule has 0 N–H and O–H groups in total. The number of alkyl halides is 3. The van der Waals surface area contributed by atoms with E-state index in [-0.39, 0.29) is 11.1 Å². The SMILES string of the molecule is CC(C)(C)c1cccc(C=Nc2ccccc2C(F)(F)F)c1[Se]. The van der Waals surface area contributed by atoms with Crippen LogP contribution in [0.15, 0.2) is 47.5 Å². The predicted octanol–water partition coefficient (Wildman–Crippen LogP) is 4.55. The summed E-state index contributed by atoms with van der Waals surface area (Å²) in [5.74, 6) is 0. The van der Waals surface area contributed by atoms with Gasteiger partial charge in [-0.2, -0.15) is 0 Å². The van der Waals surface area contributed by atoms with Gasteiger partial charge in [0.25, 0.3) is 0 Å². The van der Waals surface area contributed by atoms with Gasteiger partial charge in [-0.15, -0.1) is 0 Å². The number of halogens is 3. The molecule has 0 aliphatic carbocycles. The molecule has 0 spiro atoms. The van der Waals surface area contributed by atoms with Gasteiger partial charge in [0, 0.05) is 0 Å². The molecule has 0 saturated carbocycles. The molecule has 2 aromatic rings. The average molecular weight is 383 g/mol. The zero-order valence-corrected chi connectivity index (χ0v) is 14.8. The third kappa shape index (κ3) is 4.24. The monoisotopic (exact) mass is 384 g/mol. The summed E-state index contributed by atoms with van der Waals surface area (Å²) in [6.07, 6.45) is -2.94. The fraction of sp³-hybridized carbons (Fsp3) is 0.278. The van der Waals surface area contributed by atoms with E-state index in [9.17, 15) is 13.2 Å². The zero-order chi connectivity index (χ0) is 17.3. The van der Waals surface area contributed by atoms with Crippen LogP contribution in [0.2, 0.25) is 0 Å². The quantitative estimate of drug-likeness (QED) is 0.533. The van der Waals surface area contributed by atoms with Crippen LogP contribution in [0.25, 0.3) is 0 Å². The molecule has 0 amide bonds. The summed E-state index contributed by atoms with van der Waals surface area (Å²) in [5.41, 5.74) is 0.999. The number of benzene rings is 2. The molecule has 0 heterocycles. The van der Waals surface area contributed by atoms with Crippen molar-refractivity contribution in [3.63, 3.8) is 0 Å². The van der Waals surface area contributed by atoms with Crippen molar-refractivity contribution in [2.24, 2.45) is 4.99 Å². The first-order chi connectivity index (χ1) is 10.6. The van der Waals surface area contributed by atoms with Crippen molar-refractivity contribution in [2.45, 2.75) is 32.4 Å². The first-order valence-electron chi connectivity index (χ1n) is 7.11. The van der Waals surface area contributed by atoms with Gasteiger partial charge in [0.15, 0.2) is 0 Å². The first-order valence-corrected chi connectivity index (χ1v) is 7.97. The van der Waals surface area contributed by atoms with Crippen molar-refractivity contribution < 1.29 is 13.2 Å². The molecule has 0 unspecified atom stereocenters. The molecule has 0 fully saturated rings. The first kappa shape index (κ1) is 17.8. The molecule has 5 heteroatoms. The number of hydrogen-bond donors (Lipinski definition) is 0. The molecule has 0 atom stereocenters. The molecule has 0 bridgehead atoms. The molecule has 0 saturated heterocycles. The minimum absolute atomic E-state index is 0.0612. The van der Waals surface area contributed by atoms with E-state index in [4.69, 9.17) is 0 Å². The molecule has 23 heavy (non-hydrogen) atoms. The Bertz CT molecular complexity index is 728. The number of hydrogen-bond acceptors (Lipinski definition) is 1. The summed E-state index contributed by atoms with van der Waals surface area (Å²) in [6.45, 7) is 6.26. The van der Waals surface area contributed by atoms with Gasteiger partial charge >= 0.3 is 142 Å². The van der Waals surface area contributed by atoms with Gasteiger partial charge in [-0.25, -0.2) is 0 Å². The van der Waals surface area contributed by atoms with Crippen LogP contribution in [0.3, 0.4) is 0 Å². The van der Waals surface area contributed by atoms with Gasteiger partial charge in [0.05, 0.1) is 0 Å². The van der Waals surface area contributed by atoms with Crippen molar-refractivity contribution in [3.05, 3.63) is 59.2 Å². The van der Waals surface area contributed by atoms with Crippen LogP contribution in [0.5, 0.6) is 0 Å². The van der Waals surface area contributed by atoms with Crippen molar-refractivity contribution in [2.75, 3.05) is 0 Å². The average Bonchev–Trinajstić information content (AvgIpc) is 2.44. The Kier molecular flexibility index (Phi) is 5.02. The molecule has 0 aromatic heterocycles.